The van der Waals surface area contributed by atoms with Gasteiger partial charge in [-0.15, -0.1) is 0 Å². The van der Waals surface area contributed by atoms with Gasteiger partial charge in [0.15, 0.2) is 0 Å². The van der Waals surface area contributed by atoms with Crippen LogP contribution in [0.5, 0.6) is 0 Å². The summed E-state index contributed by atoms with van der Waals surface area (Å²) in [6.07, 6.45) is 8.24. The maximum absolute atomic E-state index is 11.9. The summed E-state index contributed by atoms with van der Waals surface area (Å²) in [5.41, 5.74) is 0.874. The Morgan fingerprint density at radius 1 is 0.931 bits per heavy atom. The Morgan fingerprint density at radius 3 is 2.28 bits per heavy atom. The minimum atomic E-state index is -0.788. The number of esters is 1. The molecule has 0 aliphatic rings. The van der Waals surface area contributed by atoms with Crippen LogP contribution < -0.4 is 16.0 Å². The van der Waals surface area contributed by atoms with Crippen molar-refractivity contribution in [3.63, 3.8) is 0 Å². The first-order chi connectivity index (χ1) is 14.0. The number of carbonyl (C=O) groups is 3. The van der Waals surface area contributed by atoms with E-state index in [1.54, 1.807) is 6.92 Å². The summed E-state index contributed by atoms with van der Waals surface area (Å²) in [5.74, 6) is -0.967. The molecule has 3 amide bonds. The lowest BCUT2D eigenvalue weighted by Crippen LogP contribution is -2.46. The Kier molecular flexibility index (Phi) is 13.0. The fourth-order valence-electron chi connectivity index (χ4n) is 2.71. The van der Waals surface area contributed by atoms with Gasteiger partial charge >= 0.3 is 12.0 Å². The lowest BCUT2D eigenvalue weighted by Gasteiger charge is -2.14. The Hall–Kier alpha value is -2.57. The van der Waals surface area contributed by atoms with Gasteiger partial charge in [-0.2, -0.15) is 0 Å². The lowest BCUT2D eigenvalue weighted by atomic mass is 10.1. The lowest BCUT2D eigenvalue weighted by molar-refractivity contribution is -0.148. The standard InChI is InChI=1S/C22H35N3O4/c1-3-4-5-6-7-8-12-15-23-22(28)24-16-20(26)25-18(2)21(27)29-17-19-13-10-9-11-14-19/h9-11,13-14,18H,3-8,12,15-17H2,1-2H3,(H,25,26)(H2,23,24,28)/t18-/m0/s1. The first kappa shape index (κ1) is 24.5. The zero-order valence-electron chi connectivity index (χ0n) is 17.7. The largest absolute Gasteiger partial charge is 0.459 e. The molecule has 1 rings (SSSR count). The van der Waals surface area contributed by atoms with Crippen molar-refractivity contribution in [2.45, 2.75) is 71.4 Å². The van der Waals surface area contributed by atoms with E-state index in [0.717, 1.165) is 18.4 Å². The fourth-order valence-corrected chi connectivity index (χ4v) is 2.71. The van der Waals surface area contributed by atoms with E-state index in [-0.39, 0.29) is 19.2 Å². The Labute approximate surface area is 174 Å². The smallest absolute Gasteiger partial charge is 0.328 e. The molecule has 0 saturated heterocycles. The molecule has 7 heteroatoms. The molecule has 1 atom stereocenters. The molecular weight excluding hydrogens is 370 g/mol. The number of unbranched alkanes of at least 4 members (excludes halogenated alkanes) is 6. The zero-order valence-corrected chi connectivity index (χ0v) is 17.7. The molecule has 1 aromatic rings. The molecule has 0 spiro atoms. The number of ether oxygens (including phenoxy) is 1. The highest BCUT2D eigenvalue weighted by molar-refractivity contribution is 5.87. The van der Waals surface area contributed by atoms with Crippen LogP contribution in [0.2, 0.25) is 0 Å². The van der Waals surface area contributed by atoms with Crippen molar-refractivity contribution in [1.82, 2.24) is 16.0 Å². The minimum absolute atomic E-state index is 0.152. The van der Waals surface area contributed by atoms with Crippen molar-refractivity contribution >= 4 is 17.9 Å². The summed E-state index contributed by atoms with van der Waals surface area (Å²) in [5, 5.41) is 7.74. The van der Waals surface area contributed by atoms with E-state index in [2.05, 4.69) is 22.9 Å². The van der Waals surface area contributed by atoms with Gasteiger partial charge < -0.3 is 20.7 Å². The highest BCUT2D eigenvalue weighted by Gasteiger charge is 2.17. The van der Waals surface area contributed by atoms with Gasteiger partial charge in [0.25, 0.3) is 0 Å². The average Bonchev–Trinajstić information content (AvgIpc) is 2.73. The van der Waals surface area contributed by atoms with Gasteiger partial charge in [0, 0.05) is 6.54 Å². The maximum atomic E-state index is 11.9. The van der Waals surface area contributed by atoms with E-state index < -0.39 is 17.9 Å². The molecule has 0 aromatic heterocycles. The summed E-state index contributed by atoms with van der Waals surface area (Å²) in [6.45, 7) is 4.29. The van der Waals surface area contributed by atoms with E-state index in [9.17, 15) is 14.4 Å². The number of urea groups is 1. The third-order valence-corrected chi connectivity index (χ3v) is 4.43. The molecule has 1 aromatic carbocycles. The van der Waals surface area contributed by atoms with Crippen molar-refractivity contribution in [3.8, 4) is 0 Å². The first-order valence-corrected chi connectivity index (χ1v) is 10.5. The van der Waals surface area contributed by atoms with Crippen LogP contribution in [0.4, 0.5) is 4.79 Å². The molecule has 3 N–H and O–H groups in total. The first-order valence-electron chi connectivity index (χ1n) is 10.5. The van der Waals surface area contributed by atoms with Gasteiger partial charge in [0.05, 0.1) is 6.54 Å². The van der Waals surface area contributed by atoms with Crippen LogP contribution in [0.3, 0.4) is 0 Å². The van der Waals surface area contributed by atoms with Gasteiger partial charge in [0.2, 0.25) is 5.91 Å². The predicted molar refractivity (Wildman–Crippen MR) is 113 cm³/mol. The maximum Gasteiger partial charge on any atom is 0.328 e. The van der Waals surface area contributed by atoms with Gasteiger partial charge in [-0.05, 0) is 18.9 Å². The van der Waals surface area contributed by atoms with Gasteiger partial charge in [0.1, 0.15) is 12.6 Å². The number of benzene rings is 1. The molecule has 0 radical (unpaired) electrons. The summed E-state index contributed by atoms with van der Waals surface area (Å²) >= 11 is 0. The van der Waals surface area contributed by atoms with Crippen LogP contribution in [0, 0.1) is 0 Å². The number of carbonyl (C=O) groups excluding carboxylic acids is 3. The SMILES string of the molecule is CCCCCCCCCNC(=O)NCC(=O)N[C@@H](C)C(=O)OCc1ccccc1. The number of amides is 3. The second kappa shape index (κ2) is 15.4. The van der Waals surface area contributed by atoms with Gasteiger partial charge in [-0.1, -0.05) is 75.8 Å². The number of nitrogens with one attached hydrogen (secondary N) is 3. The summed E-state index contributed by atoms with van der Waals surface area (Å²) < 4.78 is 5.17. The van der Waals surface area contributed by atoms with E-state index >= 15 is 0 Å². The van der Waals surface area contributed by atoms with Crippen molar-refractivity contribution < 1.29 is 19.1 Å². The Balaban J connectivity index is 2.08. The monoisotopic (exact) mass is 405 g/mol. The van der Waals surface area contributed by atoms with Crippen molar-refractivity contribution in [2.75, 3.05) is 13.1 Å². The number of hydrogen-bond acceptors (Lipinski definition) is 4. The van der Waals surface area contributed by atoms with Crippen molar-refractivity contribution in [1.29, 1.82) is 0 Å². The molecule has 0 saturated carbocycles. The molecule has 0 aliphatic carbocycles. The van der Waals surface area contributed by atoms with Crippen molar-refractivity contribution in [3.05, 3.63) is 35.9 Å². The highest BCUT2D eigenvalue weighted by atomic mass is 16.5. The molecule has 0 bridgehead atoms. The number of hydrogen-bond donors (Lipinski definition) is 3. The van der Waals surface area contributed by atoms with Crippen LogP contribution in [0.15, 0.2) is 30.3 Å². The van der Waals surface area contributed by atoms with E-state index in [1.807, 2.05) is 30.3 Å². The van der Waals surface area contributed by atoms with E-state index in [4.69, 9.17) is 4.74 Å². The third kappa shape index (κ3) is 12.5. The van der Waals surface area contributed by atoms with Crippen LogP contribution in [0.25, 0.3) is 0 Å². The van der Waals surface area contributed by atoms with Gasteiger partial charge in [-0.25, -0.2) is 9.59 Å². The molecular formula is C22H35N3O4. The normalized spacial score (nSPS) is 11.4. The summed E-state index contributed by atoms with van der Waals surface area (Å²) in [7, 11) is 0. The predicted octanol–water partition coefficient (Wildman–Crippen LogP) is 3.28. The van der Waals surface area contributed by atoms with Gasteiger partial charge in [-0.3, -0.25) is 4.79 Å². The van der Waals surface area contributed by atoms with Crippen molar-refractivity contribution in [2.24, 2.45) is 0 Å². The fraction of sp³-hybridized carbons (Fsp3) is 0.591. The quantitative estimate of drug-likeness (QED) is 0.327. The van der Waals surface area contributed by atoms with E-state index in [1.165, 1.54) is 32.1 Å². The zero-order chi connectivity index (χ0) is 21.3. The molecule has 7 nitrogen and oxygen atoms in total. The molecule has 0 fully saturated rings. The summed E-state index contributed by atoms with van der Waals surface area (Å²) in [4.78, 5) is 35.5. The third-order valence-electron chi connectivity index (χ3n) is 4.43. The molecule has 0 aliphatic heterocycles. The Morgan fingerprint density at radius 2 is 1.59 bits per heavy atom. The van der Waals surface area contributed by atoms with Crippen LogP contribution >= 0.6 is 0 Å². The highest BCUT2D eigenvalue weighted by Crippen LogP contribution is 2.06. The average molecular weight is 406 g/mol. The topological polar surface area (TPSA) is 96.5 Å². The second-order valence-corrected chi connectivity index (χ2v) is 7.11. The van der Waals surface area contributed by atoms with Crippen LogP contribution in [-0.4, -0.2) is 37.0 Å². The molecule has 0 heterocycles. The molecule has 0 unspecified atom stereocenters. The minimum Gasteiger partial charge on any atom is -0.459 e. The van der Waals surface area contributed by atoms with Crippen LogP contribution in [-0.2, 0) is 20.9 Å². The second-order valence-electron chi connectivity index (χ2n) is 7.11. The summed E-state index contributed by atoms with van der Waals surface area (Å²) in [6, 6.07) is 8.13. The molecule has 162 valence electrons. The van der Waals surface area contributed by atoms with Crippen LogP contribution in [0.1, 0.15) is 64.4 Å². The number of rotatable bonds is 14. The van der Waals surface area contributed by atoms with E-state index in [0.29, 0.717) is 6.54 Å². The Bertz CT molecular complexity index is 607. The molecule has 29 heavy (non-hydrogen) atoms.